The summed E-state index contributed by atoms with van der Waals surface area (Å²) in [6.45, 7) is 3.63. The summed E-state index contributed by atoms with van der Waals surface area (Å²) in [5.41, 5.74) is 2.64. The van der Waals surface area contributed by atoms with Crippen LogP contribution >= 0.6 is 0 Å². The zero-order chi connectivity index (χ0) is 13.9. The van der Waals surface area contributed by atoms with Gasteiger partial charge in [0.1, 0.15) is 0 Å². The molecule has 1 aromatic rings. The van der Waals surface area contributed by atoms with Gasteiger partial charge in [-0.05, 0) is 42.9 Å². The molecule has 0 radical (unpaired) electrons. The van der Waals surface area contributed by atoms with Crippen LogP contribution in [0.5, 0.6) is 0 Å². The lowest BCUT2D eigenvalue weighted by molar-refractivity contribution is -0.00805. The average molecular weight is 275 g/mol. The Morgan fingerprint density at radius 1 is 1.40 bits per heavy atom. The van der Waals surface area contributed by atoms with E-state index in [4.69, 9.17) is 4.74 Å². The molecule has 0 saturated carbocycles. The van der Waals surface area contributed by atoms with Crippen LogP contribution in [0, 0.1) is 0 Å². The second kappa shape index (κ2) is 5.94. The van der Waals surface area contributed by atoms with Gasteiger partial charge in [0.2, 0.25) is 0 Å². The Morgan fingerprint density at radius 2 is 2.30 bits per heavy atom. The summed E-state index contributed by atoms with van der Waals surface area (Å²) in [4.78, 5) is 13.6. The largest absolute Gasteiger partial charge is 0.478 e. The van der Waals surface area contributed by atoms with Gasteiger partial charge in [0.25, 0.3) is 0 Å². The summed E-state index contributed by atoms with van der Waals surface area (Å²) < 4.78 is 5.79. The molecule has 0 aliphatic carbocycles. The first kappa shape index (κ1) is 13.6. The van der Waals surface area contributed by atoms with E-state index in [0.29, 0.717) is 11.7 Å². The second-order valence-corrected chi connectivity index (χ2v) is 5.72. The molecule has 2 heterocycles. The fraction of sp³-hybridized carbons (Fsp3) is 0.562. The molecule has 1 unspecified atom stereocenters. The highest BCUT2D eigenvalue weighted by Crippen LogP contribution is 2.24. The molecule has 1 saturated heterocycles. The third-order valence-corrected chi connectivity index (χ3v) is 4.31. The van der Waals surface area contributed by atoms with Crippen LogP contribution in [0.2, 0.25) is 0 Å². The Labute approximate surface area is 119 Å². The molecule has 0 aromatic heterocycles. The molecular weight excluding hydrogens is 254 g/mol. The summed E-state index contributed by atoms with van der Waals surface area (Å²) >= 11 is 0. The fourth-order valence-corrected chi connectivity index (χ4v) is 3.26. The Kier molecular flexibility index (Phi) is 4.03. The lowest BCUT2D eigenvalue weighted by atomic mass is 9.94. The van der Waals surface area contributed by atoms with Gasteiger partial charge in [-0.3, -0.25) is 4.90 Å². The van der Waals surface area contributed by atoms with Crippen LogP contribution in [0.25, 0.3) is 0 Å². The lowest BCUT2D eigenvalue weighted by Gasteiger charge is -2.33. The van der Waals surface area contributed by atoms with Gasteiger partial charge in [-0.1, -0.05) is 12.1 Å². The van der Waals surface area contributed by atoms with E-state index in [1.807, 2.05) is 6.07 Å². The highest BCUT2D eigenvalue weighted by Gasteiger charge is 2.24. The molecule has 1 N–H and O–H groups in total. The van der Waals surface area contributed by atoms with Crippen LogP contribution in [0.15, 0.2) is 18.2 Å². The number of carbonyl (C=O) groups is 1. The molecule has 2 aliphatic heterocycles. The van der Waals surface area contributed by atoms with Crippen molar-refractivity contribution in [2.75, 3.05) is 19.7 Å². The van der Waals surface area contributed by atoms with Crippen LogP contribution < -0.4 is 0 Å². The highest BCUT2D eigenvalue weighted by atomic mass is 16.5. The van der Waals surface area contributed by atoms with E-state index in [1.54, 1.807) is 6.07 Å². The maximum absolute atomic E-state index is 11.2. The molecule has 108 valence electrons. The zero-order valence-corrected chi connectivity index (χ0v) is 11.7. The van der Waals surface area contributed by atoms with E-state index in [2.05, 4.69) is 11.0 Å². The number of rotatable bonds is 3. The zero-order valence-electron chi connectivity index (χ0n) is 11.7. The molecule has 1 aromatic carbocycles. The minimum atomic E-state index is -0.814. The van der Waals surface area contributed by atoms with Gasteiger partial charge in [-0.2, -0.15) is 0 Å². The van der Waals surface area contributed by atoms with Gasteiger partial charge >= 0.3 is 5.97 Å². The van der Waals surface area contributed by atoms with Crippen LogP contribution in [-0.2, 0) is 17.7 Å². The third-order valence-electron chi connectivity index (χ3n) is 4.31. The summed E-state index contributed by atoms with van der Waals surface area (Å²) in [5, 5.41) is 9.23. The molecule has 2 aliphatic rings. The highest BCUT2D eigenvalue weighted by molar-refractivity contribution is 5.89. The Morgan fingerprint density at radius 3 is 3.05 bits per heavy atom. The SMILES string of the molecule is O=C(O)c1cccc2c1CCN(CC1CCCCO1)C2. The molecule has 4 heteroatoms. The van der Waals surface area contributed by atoms with Gasteiger partial charge in [0.15, 0.2) is 0 Å². The number of ether oxygens (including phenoxy) is 1. The number of nitrogens with zero attached hydrogens (tertiary/aromatic N) is 1. The first-order valence-electron chi connectivity index (χ1n) is 7.42. The van der Waals surface area contributed by atoms with E-state index in [1.165, 1.54) is 12.8 Å². The molecule has 0 amide bonds. The molecular formula is C16H21NO3. The molecule has 4 nitrogen and oxygen atoms in total. The minimum absolute atomic E-state index is 0.355. The number of fused-ring (bicyclic) bond motifs is 1. The summed E-state index contributed by atoms with van der Waals surface area (Å²) in [6.07, 6.45) is 4.77. The van der Waals surface area contributed by atoms with Crippen molar-refractivity contribution in [3.8, 4) is 0 Å². The van der Waals surface area contributed by atoms with E-state index in [9.17, 15) is 9.90 Å². The van der Waals surface area contributed by atoms with Crippen molar-refractivity contribution < 1.29 is 14.6 Å². The number of carboxylic acids is 1. The van der Waals surface area contributed by atoms with E-state index in [0.717, 1.165) is 50.2 Å². The van der Waals surface area contributed by atoms with E-state index < -0.39 is 5.97 Å². The summed E-state index contributed by atoms with van der Waals surface area (Å²) in [6, 6.07) is 5.61. The fourth-order valence-electron chi connectivity index (χ4n) is 3.26. The Balaban J connectivity index is 1.69. The van der Waals surface area contributed by atoms with Gasteiger partial charge in [-0.25, -0.2) is 4.79 Å². The van der Waals surface area contributed by atoms with E-state index >= 15 is 0 Å². The van der Waals surface area contributed by atoms with Gasteiger partial charge < -0.3 is 9.84 Å². The molecule has 0 spiro atoms. The van der Waals surface area contributed by atoms with Crippen LogP contribution in [0.4, 0.5) is 0 Å². The first-order chi connectivity index (χ1) is 9.74. The summed E-state index contributed by atoms with van der Waals surface area (Å²) in [5.74, 6) is -0.814. The number of aromatic carboxylic acids is 1. The maximum atomic E-state index is 11.2. The molecule has 3 rings (SSSR count). The number of carboxylic acid groups (broad SMARTS) is 1. The molecule has 1 atom stereocenters. The normalized spacial score (nSPS) is 23.3. The molecule has 1 fully saturated rings. The predicted octanol–water partition coefficient (Wildman–Crippen LogP) is 2.31. The van der Waals surface area contributed by atoms with Crippen molar-refractivity contribution in [3.05, 3.63) is 34.9 Å². The smallest absolute Gasteiger partial charge is 0.335 e. The number of hydrogen-bond donors (Lipinski definition) is 1. The predicted molar refractivity (Wildman–Crippen MR) is 76.0 cm³/mol. The minimum Gasteiger partial charge on any atom is -0.478 e. The van der Waals surface area contributed by atoms with Crippen molar-refractivity contribution >= 4 is 5.97 Å². The number of benzene rings is 1. The Hall–Kier alpha value is -1.39. The monoisotopic (exact) mass is 275 g/mol. The van der Waals surface area contributed by atoms with Crippen molar-refractivity contribution in [3.63, 3.8) is 0 Å². The van der Waals surface area contributed by atoms with Crippen molar-refractivity contribution in [1.82, 2.24) is 4.90 Å². The lowest BCUT2D eigenvalue weighted by Crippen LogP contribution is -2.39. The maximum Gasteiger partial charge on any atom is 0.335 e. The van der Waals surface area contributed by atoms with Crippen LogP contribution in [0.1, 0.15) is 40.7 Å². The van der Waals surface area contributed by atoms with Gasteiger partial charge in [-0.15, -0.1) is 0 Å². The van der Waals surface area contributed by atoms with Crippen LogP contribution in [-0.4, -0.2) is 41.8 Å². The third kappa shape index (κ3) is 2.86. The average Bonchev–Trinajstić information content (AvgIpc) is 2.47. The van der Waals surface area contributed by atoms with Crippen molar-refractivity contribution in [1.29, 1.82) is 0 Å². The standard InChI is InChI=1S/C16H21NO3/c18-16(19)15-6-3-4-12-10-17(8-7-14(12)15)11-13-5-1-2-9-20-13/h3-4,6,13H,1-2,5,7-11H2,(H,18,19). The van der Waals surface area contributed by atoms with Crippen molar-refractivity contribution in [2.24, 2.45) is 0 Å². The van der Waals surface area contributed by atoms with Crippen LogP contribution in [0.3, 0.4) is 0 Å². The summed E-state index contributed by atoms with van der Waals surface area (Å²) in [7, 11) is 0. The second-order valence-electron chi connectivity index (χ2n) is 5.72. The molecule has 20 heavy (non-hydrogen) atoms. The number of hydrogen-bond acceptors (Lipinski definition) is 3. The van der Waals surface area contributed by atoms with Gasteiger partial charge in [0.05, 0.1) is 11.7 Å². The quantitative estimate of drug-likeness (QED) is 0.919. The van der Waals surface area contributed by atoms with Gasteiger partial charge in [0, 0.05) is 26.2 Å². The topological polar surface area (TPSA) is 49.8 Å². The molecule has 0 bridgehead atoms. The first-order valence-corrected chi connectivity index (χ1v) is 7.42. The van der Waals surface area contributed by atoms with E-state index in [-0.39, 0.29) is 0 Å². The van der Waals surface area contributed by atoms with Crippen molar-refractivity contribution in [2.45, 2.75) is 38.3 Å². The Bertz CT molecular complexity index is 494.